The maximum absolute atomic E-state index is 3.25. The van der Waals surface area contributed by atoms with Crippen molar-refractivity contribution in [1.29, 1.82) is 0 Å². The van der Waals surface area contributed by atoms with Crippen molar-refractivity contribution < 1.29 is 4.70 Å². The van der Waals surface area contributed by atoms with Gasteiger partial charge in [0.05, 0.1) is 0 Å². The topological polar surface area (TPSA) is 24.1 Å². The molecule has 0 atom stereocenters. The van der Waals surface area contributed by atoms with Crippen LogP contribution in [0.5, 0.6) is 0 Å². The summed E-state index contributed by atoms with van der Waals surface area (Å²) in [5, 5.41) is 0. The van der Waals surface area contributed by atoms with Gasteiger partial charge in [0.25, 0.3) is 0 Å². The molecule has 0 aromatic rings. The molecule has 0 saturated carbocycles. The van der Waals surface area contributed by atoms with Crippen LogP contribution in [-0.2, 0) is 0 Å². The smallest absolute Gasteiger partial charge is 0.104 e. The largest absolute Gasteiger partial charge is 0.176 e. The van der Waals surface area contributed by atoms with Crippen LogP contribution in [0.1, 0.15) is 13.8 Å². The first-order chi connectivity index (χ1) is 4.12. The maximum atomic E-state index is 3.25. The Morgan fingerprint density at radius 1 is 1.00 bits per heavy atom. The van der Waals surface area contributed by atoms with Crippen LogP contribution in [0.4, 0.5) is 0 Å². The molecule has 0 unspecified atom stereocenters. The summed E-state index contributed by atoms with van der Waals surface area (Å²) in [6.45, 7) is 6.16. The highest BCUT2D eigenvalue weighted by atomic mass is 15.8. The van der Waals surface area contributed by atoms with Crippen LogP contribution in [0.3, 0.4) is 0 Å². The van der Waals surface area contributed by atoms with Gasteiger partial charge < -0.3 is 0 Å². The average Bonchev–Trinajstić information content (AvgIpc) is 1.64. The summed E-state index contributed by atoms with van der Waals surface area (Å²) >= 11 is 0. The van der Waals surface area contributed by atoms with Gasteiger partial charge in [-0.15, -0.1) is 10.9 Å². The minimum absolute atomic E-state index is 0.688. The van der Waals surface area contributed by atoms with E-state index in [1.807, 2.05) is 0 Å². The molecular weight excluding hydrogens is 114 g/mol. The second-order valence-electron chi connectivity index (χ2n) is 2.48. The van der Waals surface area contributed by atoms with Gasteiger partial charge in [-0.05, 0) is 13.8 Å². The van der Waals surface area contributed by atoms with Crippen LogP contribution in [0.2, 0.25) is 0 Å². The minimum Gasteiger partial charge on any atom is -0.176 e. The van der Waals surface area contributed by atoms with Crippen LogP contribution in [0.15, 0.2) is 0 Å². The number of nitrogens with one attached hydrogen (secondary N) is 2. The van der Waals surface area contributed by atoms with Crippen molar-refractivity contribution in [2.24, 2.45) is 0 Å². The third-order valence-corrected chi connectivity index (χ3v) is 1.11. The highest BCUT2D eigenvalue weighted by Gasteiger charge is 2.09. The van der Waals surface area contributed by atoms with E-state index in [4.69, 9.17) is 0 Å². The highest BCUT2D eigenvalue weighted by molar-refractivity contribution is 4.18. The van der Waals surface area contributed by atoms with Crippen LogP contribution >= 0.6 is 0 Å². The normalized spacial score (nSPS) is 12.0. The van der Waals surface area contributed by atoms with E-state index in [0.29, 0.717) is 4.70 Å². The van der Waals surface area contributed by atoms with Crippen LogP contribution in [0.25, 0.3) is 0 Å². The number of hydrogen-bond acceptors (Lipinski definition) is 2. The monoisotopic (exact) mass is 132 g/mol. The van der Waals surface area contributed by atoms with Gasteiger partial charge in [-0.1, -0.05) is 0 Å². The summed E-state index contributed by atoms with van der Waals surface area (Å²) in [4.78, 5) is 0. The van der Waals surface area contributed by atoms with Gasteiger partial charge in [0.1, 0.15) is 14.1 Å². The Kier molecular flexibility index (Phi) is 3.77. The number of nitrogens with zero attached hydrogens (tertiary/aromatic N) is 1. The zero-order chi connectivity index (χ0) is 7.33. The molecule has 0 radical (unpaired) electrons. The van der Waals surface area contributed by atoms with Gasteiger partial charge in [-0.2, -0.15) is 4.70 Å². The van der Waals surface area contributed by atoms with E-state index in [-0.39, 0.29) is 0 Å². The summed E-state index contributed by atoms with van der Waals surface area (Å²) in [5.74, 6) is 0. The van der Waals surface area contributed by atoms with Crippen molar-refractivity contribution in [2.45, 2.75) is 13.8 Å². The molecule has 9 heavy (non-hydrogen) atoms. The first-order valence-electron chi connectivity index (χ1n) is 3.46. The van der Waals surface area contributed by atoms with Crippen LogP contribution < -0.4 is 10.9 Å². The van der Waals surface area contributed by atoms with Gasteiger partial charge in [-0.3, -0.25) is 0 Å². The number of rotatable bonds is 4. The van der Waals surface area contributed by atoms with Crippen molar-refractivity contribution in [3.05, 3.63) is 0 Å². The molecule has 0 amide bonds. The Balaban J connectivity index is 3.43. The lowest BCUT2D eigenvalue weighted by Crippen LogP contribution is -2.60. The maximum Gasteiger partial charge on any atom is 0.104 e. The molecular formula is C6H18N3+. The molecule has 0 aliphatic carbocycles. The average molecular weight is 132 g/mol. The minimum atomic E-state index is 0.688. The summed E-state index contributed by atoms with van der Waals surface area (Å²) in [7, 11) is 4.15. The third-order valence-electron chi connectivity index (χ3n) is 1.11. The molecule has 0 heterocycles. The van der Waals surface area contributed by atoms with E-state index in [1.54, 1.807) is 0 Å². The molecule has 0 bridgehead atoms. The molecule has 0 fully saturated rings. The first kappa shape index (κ1) is 8.88. The molecule has 0 aromatic carbocycles. The molecule has 3 heteroatoms. The third kappa shape index (κ3) is 4.39. The number of quaternary nitrogens is 1. The molecule has 2 N–H and O–H groups in total. The van der Waals surface area contributed by atoms with Gasteiger partial charge in [0, 0.05) is 13.1 Å². The van der Waals surface area contributed by atoms with Gasteiger partial charge in [0.2, 0.25) is 0 Å². The van der Waals surface area contributed by atoms with Crippen molar-refractivity contribution in [2.75, 3.05) is 27.2 Å². The van der Waals surface area contributed by atoms with Crippen LogP contribution in [-0.4, -0.2) is 31.9 Å². The Morgan fingerprint density at radius 2 is 1.33 bits per heavy atom. The van der Waals surface area contributed by atoms with Crippen molar-refractivity contribution in [1.82, 2.24) is 10.9 Å². The van der Waals surface area contributed by atoms with E-state index in [9.17, 15) is 0 Å². The first-order valence-corrected chi connectivity index (χ1v) is 3.46. The molecule has 0 spiro atoms. The molecule has 0 saturated heterocycles. The quantitative estimate of drug-likeness (QED) is 0.419. The van der Waals surface area contributed by atoms with Crippen molar-refractivity contribution in [3.63, 3.8) is 0 Å². The Labute approximate surface area is 57.6 Å². The van der Waals surface area contributed by atoms with E-state index in [0.717, 1.165) is 13.1 Å². The SMILES string of the molecule is CCN[N+](C)(C)NCC. The second kappa shape index (κ2) is 3.82. The van der Waals surface area contributed by atoms with Gasteiger partial charge in [-0.25, -0.2) is 0 Å². The highest BCUT2D eigenvalue weighted by Crippen LogP contribution is 1.79. The fraction of sp³-hybridized carbons (Fsp3) is 1.00. The van der Waals surface area contributed by atoms with Gasteiger partial charge in [0.15, 0.2) is 0 Å². The molecule has 3 nitrogen and oxygen atoms in total. The molecule has 0 aliphatic heterocycles. The fourth-order valence-electron chi connectivity index (χ4n) is 0.846. The zero-order valence-corrected chi connectivity index (χ0v) is 6.86. The predicted molar refractivity (Wildman–Crippen MR) is 39.5 cm³/mol. The number of hydrogen-bond donors (Lipinski definition) is 2. The van der Waals surface area contributed by atoms with E-state index >= 15 is 0 Å². The second-order valence-corrected chi connectivity index (χ2v) is 2.48. The van der Waals surface area contributed by atoms with Crippen molar-refractivity contribution >= 4 is 0 Å². The lowest BCUT2D eigenvalue weighted by molar-refractivity contribution is -0.975. The van der Waals surface area contributed by atoms with Crippen molar-refractivity contribution in [3.8, 4) is 0 Å². The van der Waals surface area contributed by atoms with E-state index in [2.05, 4.69) is 38.8 Å². The summed E-state index contributed by atoms with van der Waals surface area (Å²) < 4.78 is 0.688. The standard InChI is InChI=1S/C6H18N3/c1-5-7-9(3,4)8-6-2/h7-8H,5-6H2,1-4H3/q+1. The molecule has 56 valence electrons. The Bertz CT molecular complexity index is 62.7. The zero-order valence-electron chi connectivity index (χ0n) is 6.86. The lowest BCUT2D eigenvalue weighted by atomic mass is 10.7. The summed E-state index contributed by atoms with van der Waals surface area (Å²) in [5.41, 5.74) is 6.50. The molecule has 0 aromatic heterocycles. The molecule has 0 rings (SSSR count). The molecule has 0 aliphatic rings. The summed E-state index contributed by atoms with van der Waals surface area (Å²) in [6, 6.07) is 0. The predicted octanol–water partition coefficient (Wildman–Crippen LogP) is 0.112. The Hall–Kier alpha value is -0.120. The summed E-state index contributed by atoms with van der Waals surface area (Å²) in [6.07, 6.45) is 0. The fourth-order valence-corrected chi connectivity index (χ4v) is 0.846. The van der Waals surface area contributed by atoms with Gasteiger partial charge >= 0.3 is 0 Å². The lowest BCUT2D eigenvalue weighted by Gasteiger charge is -2.27. The van der Waals surface area contributed by atoms with Crippen LogP contribution in [0, 0.1) is 0 Å². The Morgan fingerprint density at radius 3 is 1.56 bits per heavy atom. The van der Waals surface area contributed by atoms with E-state index in [1.165, 1.54) is 0 Å². The van der Waals surface area contributed by atoms with E-state index < -0.39 is 0 Å².